The van der Waals surface area contributed by atoms with Gasteiger partial charge in [-0.15, -0.1) is 0 Å². The van der Waals surface area contributed by atoms with E-state index in [-0.39, 0.29) is 5.41 Å². The molecule has 0 spiro atoms. The van der Waals surface area contributed by atoms with E-state index in [1.54, 1.807) is 0 Å². The second-order valence-electron chi connectivity index (χ2n) is 6.71. The number of aromatic nitrogens is 2. The maximum atomic E-state index is 6.13. The van der Waals surface area contributed by atoms with E-state index in [0.29, 0.717) is 17.1 Å². The summed E-state index contributed by atoms with van der Waals surface area (Å²) in [7, 11) is 2.07. The van der Waals surface area contributed by atoms with Crippen molar-refractivity contribution in [3.63, 3.8) is 0 Å². The number of nitrogens with zero attached hydrogens (tertiary/aromatic N) is 3. The van der Waals surface area contributed by atoms with Crippen LogP contribution >= 0.6 is 11.6 Å². The number of hydrogen-bond acceptors (Lipinski definition) is 3. The Labute approximate surface area is 122 Å². The van der Waals surface area contributed by atoms with Gasteiger partial charge in [0, 0.05) is 24.6 Å². The van der Waals surface area contributed by atoms with Crippen LogP contribution in [0.4, 0.5) is 5.82 Å². The Bertz CT molecular complexity index is 424. The van der Waals surface area contributed by atoms with Gasteiger partial charge in [0.2, 0.25) is 0 Å². The average molecular weight is 284 g/mol. The minimum absolute atomic E-state index is 0.0955. The fourth-order valence-corrected chi connectivity index (χ4v) is 2.17. The first-order valence-corrected chi connectivity index (χ1v) is 7.27. The molecule has 4 heteroatoms. The number of rotatable bonds is 4. The van der Waals surface area contributed by atoms with Crippen LogP contribution in [0.25, 0.3) is 0 Å². The molecule has 19 heavy (non-hydrogen) atoms. The van der Waals surface area contributed by atoms with Crippen molar-refractivity contribution in [3.05, 3.63) is 17.0 Å². The Morgan fingerprint density at radius 3 is 2.26 bits per heavy atom. The number of hydrogen-bond donors (Lipinski definition) is 0. The Morgan fingerprint density at radius 1 is 1.21 bits per heavy atom. The zero-order valence-electron chi connectivity index (χ0n) is 13.2. The minimum atomic E-state index is -0.0955. The van der Waals surface area contributed by atoms with Gasteiger partial charge in [0.25, 0.3) is 0 Å². The molecule has 108 valence electrons. The second kappa shape index (κ2) is 6.08. The molecule has 0 saturated carbocycles. The van der Waals surface area contributed by atoms with Gasteiger partial charge in [-0.05, 0) is 19.3 Å². The van der Waals surface area contributed by atoms with Gasteiger partial charge >= 0.3 is 0 Å². The van der Waals surface area contributed by atoms with E-state index in [0.717, 1.165) is 18.1 Å². The summed E-state index contributed by atoms with van der Waals surface area (Å²) in [6.45, 7) is 13.0. The lowest BCUT2D eigenvalue weighted by Crippen LogP contribution is -2.31. The van der Waals surface area contributed by atoms with Gasteiger partial charge in [-0.2, -0.15) is 0 Å². The van der Waals surface area contributed by atoms with Crippen molar-refractivity contribution in [1.82, 2.24) is 9.97 Å². The third kappa shape index (κ3) is 4.64. The van der Waals surface area contributed by atoms with Crippen molar-refractivity contribution in [2.24, 2.45) is 5.92 Å². The highest BCUT2D eigenvalue weighted by Gasteiger charge is 2.21. The monoisotopic (exact) mass is 283 g/mol. The fraction of sp³-hybridized carbons (Fsp3) is 0.733. The lowest BCUT2D eigenvalue weighted by atomic mass is 9.96. The predicted molar refractivity (Wildman–Crippen MR) is 83.1 cm³/mol. The van der Waals surface area contributed by atoms with Crippen LogP contribution in [0.2, 0.25) is 5.15 Å². The first kappa shape index (κ1) is 16.2. The third-order valence-corrected chi connectivity index (χ3v) is 3.38. The van der Waals surface area contributed by atoms with Crippen LogP contribution in [0, 0.1) is 5.92 Å². The molecule has 1 aromatic heterocycles. The topological polar surface area (TPSA) is 29.0 Å². The summed E-state index contributed by atoms with van der Waals surface area (Å²) in [4.78, 5) is 11.2. The van der Waals surface area contributed by atoms with Gasteiger partial charge in [-0.25, -0.2) is 9.97 Å². The van der Waals surface area contributed by atoms with Gasteiger partial charge in [0.05, 0.1) is 0 Å². The maximum Gasteiger partial charge on any atom is 0.137 e. The van der Waals surface area contributed by atoms with Crippen molar-refractivity contribution >= 4 is 17.4 Å². The molecule has 1 unspecified atom stereocenters. The first-order valence-electron chi connectivity index (χ1n) is 6.89. The smallest absolute Gasteiger partial charge is 0.137 e. The van der Waals surface area contributed by atoms with E-state index in [9.17, 15) is 0 Å². The summed E-state index contributed by atoms with van der Waals surface area (Å²) in [5, 5.41) is 0.513. The molecule has 0 aromatic carbocycles. The molecule has 0 aliphatic carbocycles. The zero-order chi connectivity index (χ0) is 14.8. The van der Waals surface area contributed by atoms with E-state index in [4.69, 9.17) is 11.6 Å². The van der Waals surface area contributed by atoms with Crippen molar-refractivity contribution in [1.29, 1.82) is 0 Å². The van der Waals surface area contributed by atoms with Gasteiger partial charge in [0.15, 0.2) is 0 Å². The van der Waals surface area contributed by atoms with E-state index in [1.807, 2.05) is 6.07 Å². The third-order valence-electron chi connectivity index (χ3n) is 3.19. The molecule has 0 radical (unpaired) electrons. The summed E-state index contributed by atoms with van der Waals surface area (Å²) < 4.78 is 0. The summed E-state index contributed by atoms with van der Waals surface area (Å²) in [6.07, 6.45) is 1.13. The molecular weight excluding hydrogens is 258 g/mol. The SMILES string of the molecule is CC(C)CC(C)N(C)c1cc(Cl)nc(C(C)(C)C)n1. The van der Waals surface area contributed by atoms with Gasteiger partial charge < -0.3 is 4.90 Å². The minimum Gasteiger partial charge on any atom is -0.357 e. The van der Waals surface area contributed by atoms with Crippen LogP contribution in [0.5, 0.6) is 0 Å². The molecule has 3 nitrogen and oxygen atoms in total. The largest absolute Gasteiger partial charge is 0.357 e. The summed E-state index contributed by atoms with van der Waals surface area (Å²) in [5.74, 6) is 2.36. The quantitative estimate of drug-likeness (QED) is 0.772. The fourth-order valence-electron chi connectivity index (χ4n) is 1.99. The first-order chi connectivity index (χ1) is 8.61. The molecule has 0 aliphatic heterocycles. The molecule has 0 fully saturated rings. The van der Waals surface area contributed by atoms with Crippen LogP contribution in [-0.4, -0.2) is 23.1 Å². The van der Waals surface area contributed by atoms with Crippen molar-refractivity contribution in [2.45, 2.75) is 59.4 Å². The number of halogens is 1. The highest BCUT2D eigenvalue weighted by Crippen LogP contribution is 2.25. The molecular formula is C15H26ClN3. The van der Waals surface area contributed by atoms with Crippen LogP contribution in [0.1, 0.15) is 53.8 Å². The summed E-state index contributed by atoms with van der Waals surface area (Å²) >= 11 is 6.13. The average Bonchev–Trinajstić information content (AvgIpc) is 2.25. The molecule has 0 saturated heterocycles. The zero-order valence-corrected chi connectivity index (χ0v) is 13.9. The second-order valence-corrected chi connectivity index (χ2v) is 7.10. The Kier molecular flexibility index (Phi) is 5.19. The lowest BCUT2D eigenvalue weighted by Gasteiger charge is -2.28. The van der Waals surface area contributed by atoms with Crippen LogP contribution in [0.3, 0.4) is 0 Å². The van der Waals surface area contributed by atoms with Crippen molar-refractivity contribution in [3.8, 4) is 0 Å². The van der Waals surface area contributed by atoms with Crippen molar-refractivity contribution in [2.75, 3.05) is 11.9 Å². The Balaban J connectivity index is 3.03. The predicted octanol–water partition coefficient (Wildman–Crippen LogP) is 4.30. The van der Waals surface area contributed by atoms with Gasteiger partial charge in [-0.3, -0.25) is 0 Å². The molecule has 1 atom stereocenters. The summed E-state index contributed by atoms with van der Waals surface area (Å²) in [6, 6.07) is 2.27. The Hall–Kier alpha value is -0.830. The number of anilines is 1. The van der Waals surface area contributed by atoms with E-state index >= 15 is 0 Å². The highest BCUT2D eigenvalue weighted by molar-refractivity contribution is 6.29. The lowest BCUT2D eigenvalue weighted by molar-refractivity contribution is 0.498. The Morgan fingerprint density at radius 2 is 1.79 bits per heavy atom. The standard InChI is InChI=1S/C15H26ClN3/c1-10(2)8-11(3)19(7)13-9-12(16)17-14(18-13)15(4,5)6/h9-11H,8H2,1-7H3. The molecule has 0 N–H and O–H groups in total. The van der Waals surface area contributed by atoms with E-state index in [2.05, 4.69) is 63.5 Å². The van der Waals surface area contributed by atoms with Crippen LogP contribution in [-0.2, 0) is 5.41 Å². The molecule has 1 aromatic rings. The molecule has 1 heterocycles. The van der Waals surface area contributed by atoms with E-state index in [1.165, 1.54) is 0 Å². The molecule has 0 bridgehead atoms. The molecule has 0 aliphatic rings. The summed E-state index contributed by atoms with van der Waals surface area (Å²) in [5.41, 5.74) is -0.0955. The normalized spacial score (nSPS) is 13.7. The maximum absolute atomic E-state index is 6.13. The van der Waals surface area contributed by atoms with E-state index < -0.39 is 0 Å². The van der Waals surface area contributed by atoms with Gasteiger partial charge in [-0.1, -0.05) is 46.2 Å². The highest BCUT2D eigenvalue weighted by atomic mass is 35.5. The molecule has 1 rings (SSSR count). The van der Waals surface area contributed by atoms with Crippen molar-refractivity contribution < 1.29 is 0 Å². The van der Waals surface area contributed by atoms with Gasteiger partial charge in [0.1, 0.15) is 16.8 Å². The van der Waals surface area contributed by atoms with Crippen LogP contribution in [0.15, 0.2) is 6.07 Å². The molecule has 0 amide bonds. The van der Waals surface area contributed by atoms with Crippen LogP contribution < -0.4 is 4.90 Å².